The van der Waals surface area contributed by atoms with Crippen LogP contribution in [0.1, 0.15) is 18.1 Å². The molecule has 0 radical (unpaired) electrons. The van der Waals surface area contributed by atoms with Gasteiger partial charge >= 0.3 is 11.9 Å². The van der Waals surface area contributed by atoms with Crippen LogP contribution in [0.4, 0.5) is 0 Å². The highest BCUT2D eigenvalue weighted by molar-refractivity contribution is 5.77. The average molecular weight is 370 g/mol. The van der Waals surface area contributed by atoms with Crippen molar-refractivity contribution in [2.45, 2.75) is 31.8 Å². The standard InChI is InChI=1S/C21H26N2O4/c1-3-23(19(20(24)25)15-17-12-8-5-9-13-17)27-21(26)18(22-2)14-16-10-6-4-7-11-16/h4-13,18-19,22H,3,14-15H2,1-2H3,(H,24,25)/t18-,19-/m0/s1. The van der Waals surface area contributed by atoms with Crippen LogP contribution in [-0.4, -0.2) is 47.8 Å². The summed E-state index contributed by atoms with van der Waals surface area (Å²) in [5.74, 6) is -1.53. The Bertz CT molecular complexity index is 721. The van der Waals surface area contributed by atoms with E-state index in [-0.39, 0.29) is 13.0 Å². The number of carboxylic acids is 1. The number of nitrogens with one attached hydrogen (secondary N) is 1. The summed E-state index contributed by atoms with van der Waals surface area (Å²) in [6.45, 7) is 2.04. The molecule has 6 nitrogen and oxygen atoms in total. The van der Waals surface area contributed by atoms with Gasteiger partial charge in [-0.25, -0.2) is 4.79 Å². The topological polar surface area (TPSA) is 78.9 Å². The number of nitrogens with zero attached hydrogens (tertiary/aromatic N) is 1. The molecule has 0 spiro atoms. The first-order valence-electron chi connectivity index (χ1n) is 9.01. The Morgan fingerprint density at radius 1 is 1.00 bits per heavy atom. The first-order valence-corrected chi connectivity index (χ1v) is 9.01. The molecule has 2 rings (SSSR count). The van der Waals surface area contributed by atoms with Gasteiger partial charge in [0.1, 0.15) is 12.1 Å². The van der Waals surface area contributed by atoms with Crippen LogP contribution in [0.2, 0.25) is 0 Å². The van der Waals surface area contributed by atoms with E-state index < -0.39 is 24.0 Å². The maximum atomic E-state index is 12.6. The smallest absolute Gasteiger partial charge is 0.342 e. The van der Waals surface area contributed by atoms with Crippen molar-refractivity contribution in [1.82, 2.24) is 10.4 Å². The van der Waals surface area contributed by atoms with E-state index in [1.807, 2.05) is 60.7 Å². The molecule has 2 N–H and O–H groups in total. The van der Waals surface area contributed by atoms with E-state index >= 15 is 0 Å². The summed E-state index contributed by atoms with van der Waals surface area (Å²) in [7, 11) is 1.68. The number of benzene rings is 2. The van der Waals surface area contributed by atoms with Crippen LogP contribution in [0.25, 0.3) is 0 Å². The molecule has 0 unspecified atom stereocenters. The number of hydroxylamine groups is 2. The molecular weight excluding hydrogens is 344 g/mol. The Hall–Kier alpha value is -2.70. The van der Waals surface area contributed by atoms with Crippen molar-refractivity contribution in [3.8, 4) is 0 Å². The van der Waals surface area contributed by atoms with Gasteiger partial charge in [0.15, 0.2) is 0 Å². The van der Waals surface area contributed by atoms with Crippen LogP contribution >= 0.6 is 0 Å². The summed E-state index contributed by atoms with van der Waals surface area (Å²) < 4.78 is 0. The van der Waals surface area contributed by atoms with Crippen LogP contribution in [-0.2, 0) is 27.3 Å². The van der Waals surface area contributed by atoms with Crippen molar-refractivity contribution in [3.05, 3.63) is 71.8 Å². The van der Waals surface area contributed by atoms with E-state index in [0.717, 1.165) is 11.1 Å². The lowest BCUT2D eigenvalue weighted by Gasteiger charge is -2.28. The fraction of sp³-hybridized carbons (Fsp3) is 0.333. The summed E-state index contributed by atoms with van der Waals surface area (Å²) >= 11 is 0. The van der Waals surface area contributed by atoms with E-state index in [1.54, 1.807) is 14.0 Å². The molecule has 0 aliphatic rings. The number of likely N-dealkylation sites (N-methyl/N-ethyl adjacent to an activating group) is 2. The molecule has 2 aromatic carbocycles. The minimum absolute atomic E-state index is 0.250. The Labute approximate surface area is 159 Å². The zero-order valence-electron chi connectivity index (χ0n) is 15.7. The molecule has 2 atom stereocenters. The van der Waals surface area contributed by atoms with Gasteiger partial charge in [0.05, 0.1) is 0 Å². The molecule has 0 aliphatic heterocycles. The largest absolute Gasteiger partial charge is 0.480 e. The van der Waals surface area contributed by atoms with E-state index in [4.69, 9.17) is 4.84 Å². The summed E-state index contributed by atoms with van der Waals surface area (Å²) in [6.07, 6.45) is 0.713. The van der Waals surface area contributed by atoms with Gasteiger partial charge in [-0.1, -0.05) is 60.7 Å². The van der Waals surface area contributed by atoms with Crippen molar-refractivity contribution in [2.75, 3.05) is 13.6 Å². The SMILES string of the molecule is CCN(OC(=O)[C@H](Cc1ccccc1)NC)[C@@H](Cc1ccccc1)C(=O)O. The molecule has 0 amide bonds. The molecule has 0 bridgehead atoms. The van der Waals surface area contributed by atoms with Crippen molar-refractivity contribution in [2.24, 2.45) is 0 Å². The van der Waals surface area contributed by atoms with Crippen LogP contribution in [0, 0.1) is 0 Å². The minimum atomic E-state index is -1.03. The van der Waals surface area contributed by atoms with Gasteiger partial charge < -0.3 is 15.3 Å². The normalized spacial score (nSPS) is 13.1. The molecule has 0 fully saturated rings. The zero-order chi connectivity index (χ0) is 19.6. The molecule has 144 valence electrons. The maximum absolute atomic E-state index is 12.6. The second kappa shape index (κ2) is 10.4. The molecule has 0 aromatic heterocycles. The van der Waals surface area contributed by atoms with Gasteiger partial charge in [-0.2, -0.15) is 0 Å². The van der Waals surface area contributed by atoms with Crippen LogP contribution < -0.4 is 5.32 Å². The Morgan fingerprint density at radius 3 is 1.96 bits per heavy atom. The molecule has 0 aliphatic carbocycles. The Morgan fingerprint density at radius 2 is 1.52 bits per heavy atom. The fourth-order valence-electron chi connectivity index (χ4n) is 2.83. The van der Waals surface area contributed by atoms with Gasteiger partial charge in [0.2, 0.25) is 0 Å². The van der Waals surface area contributed by atoms with Crippen LogP contribution in [0.3, 0.4) is 0 Å². The number of hydrogen-bond donors (Lipinski definition) is 2. The fourth-order valence-corrected chi connectivity index (χ4v) is 2.83. The summed E-state index contributed by atoms with van der Waals surface area (Å²) in [4.78, 5) is 29.8. The van der Waals surface area contributed by atoms with Gasteiger partial charge in [-0.15, -0.1) is 5.06 Å². The lowest BCUT2D eigenvalue weighted by molar-refractivity contribution is -0.207. The number of hydrogen-bond acceptors (Lipinski definition) is 5. The van der Waals surface area contributed by atoms with E-state index in [1.165, 1.54) is 5.06 Å². The third-order valence-electron chi connectivity index (χ3n) is 4.34. The number of carbonyl (C=O) groups is 2. The average Bonchev–Trinajstić information content (AvgIpc) is 2.70. The zero-order valence-corrected chi connectivity index (χ0v) is 15.7. The molecule has 27 heavy (non-hydrogen) atoms. The first kappa shape index (κ1) is 20.6. The monoisotopic (exact) mass is 370 g/mol. The first-order chi connectivity index (χ1) is 13.0. The lowest BCUT2D eigenvalue weighted by atomic mass is 10.1. The number of carboxylic acid groups (broad SMARTS) is 1. The maximum Gasteiger partial charge on any atom is 0.342 e. The summed E-state index contributed by atoms with van der Waals surface area (Å²) in [6, 6.07) is 17.4. The third-order valence-corrected chi connectivity index (χ3v) is 4.34. The minimum Gasteiger partial charge on any atom is -0.480 e. The Kier molecular flexibility index (Phi) is 7.98. The molecule has 0 saturated carbocycles. The number of rotatable bonds is 10. The van der Waals surface area contributed by atoms with Gasteiger partial charge in [-0.05, 0) is 31.5 Å². The molecule has 0 saturated heterocycles. The molecule has 0 heterocycles. The molecular formula is C21H26N2O4. The highest BCUT2D eigenvalue weighted by Crippen LogP contribution is 2.12. The Balaban J connectivity index is 2.07. The number of carbonyl (C=O) groups excluding carboxylic acids is 1. The predicted octanol–water partition coefficient (Wildman–Crippen LogP) is 2.29. The van der Waals surface area contributed by atoms with E-state index in [9.17, 15) is 14.7 Å². The highest BCUT2D eigenvalue weighted by atomic mass is 16.7. The second-order valence-electron chi connectivity index (χ2n) is 6.22. The van der Waals surface area contributed by atoms with E-state index in [0.29, 0.717) is 6.42 Å². The molecule has 6 heteroatoms. The van der Waals surface area contributed by atoms with Crippen molar-refractivity contribution >= 4 is 11.9 Å². The van der Waals surface area contributed by atoms with Crippen LogP contribution in [0.15, 0.2) is 60.7 Å². The van der Waals surface area contributed by atoms with Crippen molar-refractivity contribution in [3.63, 3.8) is 0 Å². The predicted molar refractivity (Wildman–Crippen MR) is 103 cm³/mol. The number of aliphatic carboxylic acids is 1. The van der Waals surface area contributed by atoms with Gasteiger partial charge in [0.25, 0.3) is 0 Å². The third kappa shape index (κ3) is 6.20. The van der Waals surface area contributed by atoms with E-state index in [2.05, 4.69) is 5.32 Å². The summed E-state index contributed by atoms with van der Waals surface area (Å²) in [5.41, 5.74) is 1.87. The second-order valence-corrected chi connectivity index (χ2v) is 6.22. The van der Waals surface area contributed by atoms with Crippen molar-refractivity contribution in [1.29, 1.82) is 0 Å². The van der Waals surface area contributed by atoms with Gasteiger partial charge in [-0.3, -0.25) is 4.79 Å². The highest BCUT2D eigenvalue weighted by Gasteiger charge is 2.30. The quantitative estimate of drug-likeness (QED) is 0.625. The van der Waals surface area contributed by atoms with Crippen LogP contribution in [0.5, 0.6) is 0 Å². The summed E-state index contributed by atoms with van der Waals surface area (Å²) in [5, 5.41) is 13.8. The lowest BCUT2D eigenvalue weighted by Crippen LogP contribution is -2.48. The van der Waals surface area contributed by atoms with Crippen molar-refractivity contribution < 1.29 is 19.5 Å². The van der Waals surface area contributed by atoms with Gasteiger partial charge in [0, 0.05) is 13.0 Å². The molecule has 2 aromatic rings.